The van der Waals surface area contributed by atoms with Crippen molar-refractivity contribution in [3.63, 3.8) is 0 Å². The molecule has 0 bridgehead atoms. The molecular formula is C17H25NO. The minimum atomic E-state index is 0.544. The minimum absolute atomic E-state index is 0.544. The number of hydrogen-bond acceptors (Lipinski definition) is 2. The van der Waals surface area contributed by atoms with Crippen molar-refractivity contribution in [2.75, 3.05) is 13.7 Å². The standard InChI is InChI=1S/C17H25NO/c1-17(2)10-14(17)11-18-16(12-4-5-12)13-6-8-15(19-3)9-7-13/h6-9,12,14,16,18H,4-5,10-11H2,1-3H3. The Hall–Kier alpha value is -1.02. The van der Waals surface area contributed by atoms with Crippen LogP contribution in [0.15, 0.2) is 24.3 Å². The molecule has 2 aliphatic rings. The molecule has 2 unspecified atom stereocenters. The monoisotopic (exact) mass is 259 g/mol. The average molecular weight is 259 g/mol. The van der Waals surface area contributed by atoms with E-state index in [0.29, 0.717) is 11.5 Å². The van der Waals surface area contributed by atoms with Crippen molar-refractivity contribution in [2.45, 2.75) is 39.2 Å². The predicted molar refractivity (Wildman–Crippen MR) is 78.3 cm³/mol. The van der Waals surface area contributed by atoms with Gasteiger partial charge in [-0.3, -0.25) is 0 Å². The number of nitrogens with one attached hydrogen (secondary N) is 1. The van der Waals surface area contributed by atoms with E-state index in [0.717, 1.165) is 17.6 Å². The first-order chi connectivity index (χ1) is 9.10. The molecule has 1 aromatic rings. The summed E-state index contributed by atoms with van der Waals surface area (Å²) in [5, 5.41) is 3.81. The number of methoxy groups -OCH3 is 1. The van der Waals surface area contributed by atoms with E-state index in [4.69, 9.17) is 4.74 Å². The highest BCUT2D eigenvalue weighted by molar-refractivity contribution is 5.30. The van der Waals surface area contributed by atoms with Crippen LogP contribution in [0.25, 0.3) is 0 Å². The molecular weight excluding hydrogens is 234 g/mol. The van der Waals surface area contributed by atoms with Crippen molar-refractivity contribution < 1.29 is 4.74 Å². The fourth-order valence-corrected chi connectivity index (χ4v) is 2.99. The lowest BCUT2D eigenvalue weighted by Gasteiger charge is -2.19. The largest absolute Gasteiger partial charge is 0.497 e. The third kappa shape index (κ3) is 2.94. The third-order valence-electron chi connectivity index (χ3n) is 4.87. The highest BCUT2D eigenvalue weighted by Crippen LogP contribution is 2.51. The molecule has 0 radical (unpaired) electrons. The zero-order valence-electron chi connectivity index (χ0n) is 12.3. The van der Waals surface area contributed by atoms with Gasteiger partial charge < -0.3 is 10.1 Å². The second kappa shape index (κ2) is 4.82. The van der Waals surface area contributed by atoms with E-state index < -0.39 is 0 Å². The molecule has 0 aliphatic heterocycles. The van der Waals surface area contributed by atoms with E-state index in [9.17, 15) is 0 Å². The molecule has 0 heterocycles. The number of benzene rings is 1. The van der Waals surface area contributed by atoms with Crippen LogP contribution in [0, 0.1) is 17.3 Å². The van der Waals surface area contributed by atoms with Gasteiger partial charge >= 0.3 is 0 Å². The van der Waals surface area contributed by atoms with Crippen molar-refractivity contribution in [1.82, 2.24) is 5.32 Å². The van der Waals surface area contributed by atoms with E-state index >= 15 is 0 Å². The van der Waals surface area contributed by atoms with Gasteiger partial charge in [0.1, 0.15) is 5.75 Å². The van der Waals surface area contributed by atoms with Gasteiger partial charge in [-0.2, -0.15) is 0 Å². The molecule has 2 saturated carbocycles. The quantitative estimate of drug-likeness (QED) is 0.839. The first-order valence-electron chi connectivity index (χ1n) is 7.47. The Labute approximate surface area is 116 Å². The second-order valence-electron chi connectivity index (χ2n) is 6.89. The maximum atomic E-state index is 5.24. The van der Waals surface area contributed by atoms with E-state index in [2.05, 4.69) is 43.4 Å². The SMILES string of the molecule is COc1ccc(C(NCC2CC2(C)C)C2CC2)cc1. The molecule has 1 aromatic carbocycles. The van der Waals surface area contributed by atoms with Crippen molar-refractivity contribution in [1.29, 1.82) is 0 Å². The van der Waals surface area contributed by atoms with Crippen molar-refractivity contribution in [3.05, 3.63) is 29.8 Å². The molecule has 19 heavy (non-hydrogen) atoms. The molecule has 0 saturated heterocycles. The molecule has 0 amide bonds. The van der Waals surface area contributed by atoms with Crippen LogP contribution in [0.4, 0.5) is 0 Å². The highest BCUT2D eigenvalue weighted by Gasteiger charge is 2.45. The average Bonchev–Trinajstić information content (AvgIpc) is 3.30. The number of ether oxygens (including phenoxy) is 1. The van der Waals surface area contributed by atoms with Crippen LogP contribution >= 0.6 is 0 Å². The van der Waals surface area contributed by atoms with Crippen LogP contribution in [0.5, 0.6) is 5.75 Å². The van der Waals surface area contributed by atoms with E-state index in [1.54, 1.807) is 7.11 Å². The zero-order chi connectivity index (χ0) is 13.5. The Balaban J connectivity index is 1.63. The molecule has 2 fully saturated rings. The Morgan fingerprint density at radius 2 is 1.89 bits per heavy atom. The van der Waals surface area contributed by atoms with Crippen LogP contribution in [0.1, 0.15) is 44.7 Å². The molecule has 2 aliphatic carbocycles. The molecule has 3 rings (SSSR count). The van der Waals surface area contributed by atoms with Crippen LogP contribution in [-0.4, -0.2) is 13.7 Å². The topological polar surface area (TPSA) is 21.3 Å². The van der Waals surface area contributed by atoms with Crippen LogP contribution in [0.3, 0.4) is 0 Å². The Kier molecular flexibility index (Phi) is 3.30. The summed E-state index contributed by atoms with van der Waals surface area (Å²) in [4.78, 5) is 0. The summed E-state index contributed by atoms with van der Waals surface area (Å²) in [6.45, 7) is 5.91. The Morgan fingerprint density at radius 1 is 1.26 bits per heavy atom. The van der Waals surface area contributed by atoms with Crippen molar-refractivity contribution >= 4 is 0 Å². The fourth-order valence-electron chi connectivity index (χ4n) is 2.99. The summed E-state index contributed by atoms with van der Waals surface area (Å²) in [6, 6.07) is 9.13. The fraction of sp³-hybridized carbons (Fsp3) is 0.647. The summed E-state index contributed by atoms with van der Waals surface area (Å²) in [7, 11) is 1.72. The van der Waals surface area contributed by atoms with E-state index in [1.165, 1.54) is 31.4 Å². The van der Waals surface area contributed by atoms with E-state index in [-0.39, 0.29) is 0 Å². The van der Waals surface area contributed by atoms with Crippen molar-refractivity contribution in [2.24, 2.45) is 17.3 Å². The van der Waals surface area contributed by atoms with Gasteiger partial charge in [-0.05, 0) is 60.8 Å². The van der Waals surface area contributed by atoms with Gasteiger partial charge in [-0.25, -0.2) is 0 Å². The van der Waals surface area contributed by atoms with Gasteiger partial charge in [-0.15, -0.1) is 0 Å². The van der Waals surface area contributed by atoms with Gasteiger partial charge in [0.25, 0.3) is 0 Å². The molecule has 104 valence electrons. The van der Waals surface area contributed by atoms with Gasteiger partial charge in [0.05, 0.1) is 7.11 Å². The molecule has 2 atom stereocenters. The Morgan fingerprint density at radius 3 is 2.37 bits per heavy atom. The van der Waals surface area contributed by atoms with Gasteiger partial charge in [-0.1, -0.05) is 26.0 Å². The van der Waals surface area contributed by atoms with Crippen LogP contribution in [-0.2, 0) is 0 Å². The maximum absolute atomic E-state index is 5.24. The summed E-state index contributed by atoms with van der Waals surface area (Å²) in [5.74, 6) is 2.66. The smallest absolute Gasteiger partial charge is 0.118 e. The lowest BCUT2D eigenvalue weighted by Crippen LogP contribution is -2.26. The summed E-state index contributed by atoms with van der Waals surface area (Å²) >= 11 is 0. The number of hydrogen-bond donors (Lipinski definition) is 1. The summed E-state index contributed by atoms with van der Waals surface area (Å²) in [6.07, 6.45) is 4.12. The van der Waals surface area contributed by atoms with Gasteiger partial charge in [0.2, 0.25) is 0 Å². The van der Waals surface area contributed by atoms with Gasteiger partial charge in [0.15, 0.2) is 0 Å². The molecule has 1 N–H and O–H groups in total. The minimum Gasteiger partial charge on any atom is -0.497 e. The molecule has 2 nitrogen and oxygen atoms in total. The number of rotatable bonds is 6. The Bertz CT molecular complexity index is 433. The zero-order valence-corrected chi connectivity index (χ0v) is 12.3. The first-order valence-corrected chi connectivity index (χ1v) is 7.47. The molecule has 0 aromatic heterocycles. The molecule has 2 heteroatoms. The van der Waals surface area contributed by atoms with Crippen LogP contribution in [0.2, 0.25) is 0 Å². The van der Waals surface area contributed by atoms with E-state index in [1.807, 2.05) is 0 Å². The molecule has 0 spiro atoms. The van der Waals surface area contributed by atoms with Crippen molar-refractivity contribution in [3.8, 4) is 5.75 Å². The van der Waals surface area contributed by atoms with Gasteiger partial charge in [0, 0.05) is 6.04 Å². The summed E-state index contributed by atoms with van der Waals surface area (Å²) < 4.78 is 5.24. The second-order valence-corrected chi connectivity index (χ2v) is 6.89. The lowest BCUT2D eigenvalue weighted by molar-refractivity contribution is 0.412. The summed E-state index contributed by atoms with van der Waals surface area (Å²) in [5.41, 5.74) is 1.99. The normalized spacial score (nSPS) is 25.9. The highest BCUT2D eigenvalue weighted by atomic mass is 16.5. The lowest BCUT2D eigenvalue weighted by atomic mass is 10.0. The first kappa shape index (κ1) is 13.0. The third-order valence-corrected chi connectivity index (χ3v) is 4.87. The maximum Gasteiger partial charge on any atom is 0.118 e. The van der Waals surface area contributed by atoms with Crippen LogP contribution < -0.4 is 10.1 Å². The predicted octanol–water partition coefficient (Wildman–Crippen LogP) is 3.78.